The Hall–Kier alpha value is -0.730. The maximum atomic E-state index is 6.43. The van der Waals surface area contributed by atoms with Crippen molar-refractivity contribution in [2.24, 2.45) is 11.7 Å². The summed E-state index contributed by atoms with van der Waals surface area (Å²) >= 11 is 6.43. The highest BCUT2D eigenvalue weighted by atomic mass is 35.5. The Kier molecular flexibility index (Phi) is 7.25. The first-order valence-corrected chi connectivity index (χ1v) is 7.77. The van der Waals surface area contributed by atoms with Crippen molar-refractivity contribution >= 4 is 17.3 Å². The van der Waals surface area contributed by atoms with Crippen molar-refractivity contribution in [2.75, 3.05) is 24.5 Å². The Morgan fingerprint density at radius 3 is 2.42 bits per heavy atom. The standard InChI is InChI=1S/C16H27ClN2/c1-4-13(5-2)12-19(6-3)16-14(10-11-18)8-7-9-15(16)17/h7-9,13H,4-6,10-12,18H2,1-3H3. The van der Waals surface area contributed by atoms with Gasteiger partial charge in [-0.3, -0.25) is 0 Å². The van der Waals surface area contributed by atoms with Crippen LogP contribution >= 0.6 is 11.6 Å². The number of hydrogen-bond donors (Lipinski definition) is 1. The Labute approximate surface area is 122 Å². The third kappa shape index (κ3) is 4.39. The molecule has 0 aliphatic heterocycles. The minimum Gasteiger partial charge on any atom is -0.370 e. The van der Waals surface area contributed by atoms with Gasteiger partial charge < -0.3 is 10.6 Å². The molecule has 2 N–H and O–H groups in total. The van der Waals surface area contributed by atoms with Crippen molar-refractivity contribution in [3.8, 4) is 0 Å². The number of benzene rings is 1. The van der Waals surface area contributed by atoms with E-state index >= 15 is 0 Å². The van der Waals surface area contributed by atoms with Crippen LogP contribution in [0.25, 0.3) is 0 Å². The van der Waals surface area contributed by atoms with Gasteiger partial charge in [-0.05, 0) is 37.4 Å². The van der Waals surface area contributed by atoms with Crippen LogP contribution < -0.4 is 10.6 Å². The molecule has 0 fully saturated rings. The molecule has 19 heavy (non-hydrogen) atoms. The molecule has 0 spiro atoms. The van der Waals surface area contributed by atoms with E-state index in [2.05, 4.69) is 31.7 Å². The molecule has 3 heteroatoms. The second-order valence-corrected chi connectivity index (χ2v) is 5.41. The molecule has 0 aliphatic rings. The molecular weight excluding hydrogens is 256 g/mol. The number of rotatable bonds is 8. The summed E-state index contributed by atoms with van der Waals surface area (Å²) in [6, 6.07) is 6.14. The maximum Gasteiger partial charge on any atom is 0.0642 e. The molecule has 1 aromatic rings. The van der Waals surface area contributed by atoms with Crippen LogP contribution in [0, 0.1) is 5.92 Å². The minimum atomic E-state index is 0.663. The van der Waals surface area contributed by atoms with Crippen LogP contribution in [0.5, 0.6) is 0 Å². The van der Waals surface area contributed by atoms with E-state index in [-0.39, 0.29) is 0 Å². The molecule has 0 heterocycles. The van der Waals surface area contributed by atoms with Gasteiger partial charge >= 0.3 is 0 Å². The first-order valence-electron chi connectivity index (χ1n) is 7.40. The Bertz CT molecular complexity index is 375. The highest BCUT2D eigenvalue weighted by Gasteiger charge is 2.16. The van der Waals surface area contributed by atoms with Crippen LogP contribution in [0.4, 0.5) is 5.69 Å². The molecule has 0 radical (unpaired) electrons. The molecule has 1 rings (SSSR count). The van der Waals surface area contributed by atoms with Crippen LogP contribution in [0.2, 0.25) is 5.02 Å². The number of hydrogen-bond acceptors (Lipinski definition) is 2. The molecule has 0 saturated carbocycles. The molecule has 108 valence electrons. The van der Waals surface area contributed by atoms with Crippen LogP contribution in [0.15, 0.2) is 18.2 Å². The lowest BCUT2D eigenvalue weighted by Crippen LogP contribution is -2.30. The summed E-state index contributed by atoms with van der Waals surface area (Å²) in [6.45, 7) is 9.43. The molecule has 0 unspecified atom stereocenters. The lowest BCUT2D eigenvalue weighted by molar-refractivity contribution is 0.485. The fourth-order valence-electron chi connectivity index (χ4n) is 2.51. The van der Waals surface area contributed by atoms with Gasteiger partial charge in [0.2, 0.25) is 0 Å². The van der Waals surface area contributed by atoms with Gasteiger partial charge in [-0.2, -0.15) is 0 Å². The van der Waals surface area contributed by atoms with E-state index in [9.17, 15) is 0 Å². The molecule has 0 aliphatic carbocycles. The fraction of sp³-hybridized carbons (Fsp3) is 0.625. The highest BCUT2D eigenvalue weighted by molar-refractivity contribution is 6.33. The van der Waals surface area contributed by atoms with Crippen LogP contribution in [0.3, 0.4) is 0 Å². The topological polar surface area (TPSA) is 29.3 Å². The van der Waals surface area contributed by atoms with Gasteiger partial charge in [0.25, 0.3) is 0 Å². The molecule has 0 bridgehead atoms. The summed E-state index contributed by atoms with van der Waals surface area (Å²) in [5.74, 6) is 0.724. The van der Waals surface area contributed by atoms with E-state index in [0.29, 0.717) is 6.54 Å². The largest absolute Gasteiger partial charge is 0.370 e. The molecule has 0 atom stereocenters. The molecule has 1 aromatic carbocycles. The van der Waals surface area contributed by atoms with Crippen LogP contribution in [-0.2, 0) is 6.42 Å². The maximum absolute atomic E-state index is 6.43. The highest BCUT2D eigenvalue weighted by Crippen LogP contribution is 2.31. The van der Waals surface area contributed by atoms with E-state index in [0.717, 1.165) is 30.5 Å². The smallest absolute Gasteiger partial charge is 0.0642 e. The van der Waals surface area contributed by atoms with Crippen LogP contribution in [-0.4, -0.2) is 19.6 Å². The Balaban J connectivity index is 3.02. The first-order chi connectivity index (χ1) is 9.17. The third-order valence-corrected chi connectivity index (χ3v) is 4.12. The van der Waals surface area contributed by atoms with Crippen LogP contribution in [0.1, 0.15) is 39.2 Å². The Morgan fingerprint density at radius 1 is 1.21 bits per heavy atom. The lowest BCUT2D eigenvalue weighted by Gasteiger charge is -2.30. The van der Waals surface area contributed by atoms with Gasteiger partial charge in [-0.15, -0.1) is 0 Å². The van der Waals surface area contributed by atoms with Crippen molar-refractivity contribution in [3.63, 3.8) is 0 Å². The predicted molar refractivity (Wildman–Crippen MR) is 86.2 cm³/mol. The number of nitrogens with zero attached hydrogens (tertiary/aromatic N) is 1. The van der Waals surface area contributed by atoms with E-state index in [1.54, 1.807) is 0 Å². The van der Waals surface area contributed by atoms with Crippen molar-refractivity contribution in [2.45, 2.75) is 40.0 Å². The predicted octanol–water partition coefficient (Wildman–Crippen LogP) is 4.10. The quantitative estimate of drug-likeness (QED) is 0.778. The summed E-state index contributed by atoms with van der Waals surface area (Å²) in [5, 5.41) is 0.846. The second kappa shape index (κ2) is 8.44. The van der Waals surface area contributed by atoms with Gasteiger partial charge in [0.1, 0.15) is 0 Å². The van der Waals surface area contributed by atoms with Gasteiger partial charge in [0, 0.05) is 13.1 Å². The summed E-state index contributed by atoms with van der Waals surface area (Å²) in [5.41, 5.74) is 8.16. The molecule has 2 nitrogen and oxygen atoms in total. The molecule has 0 amide bonds. The normalized spacial score (nSPS) is 11.1. The van der Waals surface area contributed by atoms with Crippen molar-refractivity contribution < 1.29 is 0 Å². The number of anilines is 1. The van der Waals surface area contributed by atoms with E-state index < -0.39 is 0 Å². The average Bonchev–Trinajstić information content (AvgIpc) is 2.42. The van der Waals surface area contributed by atoms with Gasteiger partial charge in [-0.25, -0.2) is 0 Å². The van der Waals surface area contributed by atoms with Gasteiger partial charge in [0.05, 0.1) is 10.7 Å². The van der Waals surface area contributed by atoms with Gasteiger partial charge in [0.15, 0.2) is 0 Å². The van der Waals surface area contributed by atoms with Crippen molar-refractivity contribution in [1.82, 2.24) is 0 Å². The zero-order chi connectivity index (χ0) is 14.3. The van der Waals surface area contributed by atoms with E-state index in [1.807, 2.05) is 12.1 Å². The minimum absolute atomic E-state index is 0.663. The monoisotopic (exact) mass is 282 g/mol. The summed E-state index contributed by atoms with van der Waals surface area (Å²) in [7, 11) is 0. The summed E-state index contributed by atoms with van der Waals surface area (Å²) in [6.07, 6.45) is 3.31. The van der Waals surface area contributed by atoms with Crippen molar-refractivity contribution in [1.29, 1.82) is 0 Å². The lowest BCUT2D eigenvalue weighted by atomic mass is 10.0. The summed E-state index contributed by atoms with van der Waals surface area (Å²) < 4.78 is 0. The molecule has 0 saturated heterocycles. The number of halogens is 1. The molecular formula is C16H27ClN2. The Morgan fingerprint density at radius 2 is 1.89 bits per heavy atom. The number of nitrogens with two attached hydrogens (primary N) is 1. The van der Waals surface area contributed by atoms with Gasteiger partial charge in [-0.1, -0.05) is 50.4 Å². The number of para-hydroxylation sites is 1. The fourth-order valence-corrected chi connectivity index (χ4v) is 2.82. The second-order valence-electron chi connectivity index (χ2n) is 5.01. The zero-order valence-electron chi connectivity index (χ0n) is 12.5. The first kappa shape index (κ1) is 16.3. The van der Waals surface area contributed by atoms with Crippen molar-refractivity contribution in [3.05, 3.63) is 28.8 Å². The summed E-state index contributed by atoms with van der Waals surface area (Å²) in [4.78, 5) is 2.41. The SMILES string of the molecule is CCC(CC)CN(CC)c1c(Cl)cccc1CCN. The average molecular weight is 283 g/mol. The van der Waals surface area contributed by atoms with E-state index in [1.165, 1.54) is 24.1 Å². The van der Waals surface area contributed by atoms with E-state index in [4.69, 9.17) is 17.3 Å². The molecule has 0 aromatic heterocycles. The third-order valence-electron chi connectivity index (χ3n) is 3.82. The zero-order valence-corrected chi connectivity index (χ0v) is 13.2.